The molecule has 0 aromatic rings. The van der Waals surface area contributed by atoms with E-state index in [9.17, 15) is 29.4 Å². The molecule has 8 saturated carbocycles. The molecule has 8 fully saturated rings. The summed E-state index contributed by atoms with van der Waals surface area (Å²) in [5, 5.41) is 37.5. The maximum atomic E-state index is 12.4. The quantitative estimate of drug-likeness (QED) is 0.148. The summed E-state index contributed by atoms with van der Waals surface area (Å²) in [6, 6.07) is 0. The second-order valence-electron chi connectivity index (χ2n) is 18.2. The molecule has 4 atom stereocenters. The highest BCUT2D eigenvalue weighted by Gasteiger charge is 2.60. The van der Waals surface area contributed by atoms with Crippen LogP contribution < -0.4 is 0 Å². The van der Waals surface area contributed by atoms with E-state index >= 15 is 0 Å². The zero-order chi connectivity index (χ0) is 38.1. The van der Waals surface area contributed by atoms with Gasteiger partial charge in [-0.2, -0.15) is 0 Å². The minimum Gasteiger partial charge on any atom is -0.481 e. The van der Waals surface area contributed by atoms with E-state index in [1.165, 1.54) is 19.8 Å². The Hall–Kier alpha value is -2.72. The summed E-state index contributed by atoms with van der Waals surface area (Å²) in [7, 11) is 0. The topological polar surface area (TPSA) is 168 Å². The van der Waals surface area contributed by atoms with Crippen molar-refractivity contribution in [1.29, 1.82) is 0 Å². The van der Waals surface area contributed by atoms with Gasteiger partial charge in [0.2, 0.25) is 0 Å². The van der Waals surface area contributed by atoms with Gasteiger partial charge >= 0.3 is 23.9 Å². The lowest BCUT2D eigenvalue weighted by Gasteiger charge is -2.59. The number of carbonyl (C=O) groups is 4. The van der Waals surface area contributed by atoms with E-state index in [0.29, 0.717) is 48.5 Å². The smallest absolute Gasteiger partial charge is 0.333 e. The van der Waals surface area contributed by atoms with Crippen molar-refractivity contribution in [3.8, 4) is 0 Å². The summed E-state index contributed by atoms with van der Waals surface area (Å²) in [6.45, 7) is 21.1. The first-order chi connectivity index (χ1) is 22.8. The van der Waals surface area contributed by atoms with E-state index in [2.05, 4.69) is 13.2 Å². The lowest BCUT2D eigenvalue weighted by atomic mass is 9.52. The molecule has 4 N–H and O–H groups in total. The Morgan fingerprint density at radius 3 is 1.22 bits per heavy atom. The highest BCUT2D eigenvalue weighted by atomic mass is 16.6. The van der Waals surface area contributed by atoms with E-state index < -0.39 is 39.6 Å². The number of ether oxygens (including phenoxy) is 2. The molecule has 0 aromatic carbocycles. The van der Waals surface area contributed by atoms with Crippen molar-refractivity contribution in [2.75, 3.05) is 0 Å². The van der Waals surface area contributed by atoms with Crippen LogP contribution in [0.1, 0.15) is 145 Å². The maximum Gasteiger partial charge on any atom is 0.333 e. The average molecular weight is 705 g/mol. The van der Waals surface area contributed by atoms with E-state index in [1.807, 2.05) is 27.7 Å². The zero-order valence-corrected chi connectivity index (χ0v) is 31.9. The first-order valence-corrected chi connectivity index (χ1v) is 18.5. The third-order valence-electron chi connectivity index (χ3n) is 12.2. The Morgan fingerprint density at radius 1 is 0.640 bits per heavy atom. The highest BCUT2D eigenvalue weighted by molar-refractivity contribution is 5.87. The monoisotopic (exact) mass is 704 g/mol. The van der Waals surface area contributed by atoms with Crippen molar-refractivity contribution in [2.45, 2.75) is 168 Å². The normalized spacial score (nSPS) is 35.6. The molecule has 284 valence electrons. The van der Waals surface area contributed by atoms with E-state index in [1.54, 1.807) is 20.8 Å². The van der Waals surface area contributed by atoms with Crippen molar-refractivity contribution in [3.05, 3.63) is 24.3 Å². The van der Waals surface area contributed by atoms with Gasteiger partial charge in [0.05, 0.1) is 22.0 Å². The van der Waals surface area contributed by atoms with Gasteiger partial charge in [0.15, 0.2) is 0 Å². The summed E-state index contributed by atoms with van der Waals surface area (Å²) in [4.78, 5) is 44.0. The predicted molar refractivity (Wildman–Crippen MR) is 190 cm³/mol. The molecule has 0 aliphatic heterocycles. The van der Waals surface area contributed by atoms with Crippen molar-refractivity contribution in [2.24, 2.45) is 34.5 Å². The summed E-state index contributed by atoms with van der Waals surface area (Å²) in [6.07, 6.45) is 12.6. The number of hydrogen-bond donors (Lipinski definition) is 4. The third-order valence-corrected chi connectivity index (χ3v) is 12.2. The Morgan fingerprint density at radius 2 is 0.980 bits per heavy atom. The minimum atomic E-state index is -0.935. The summed E-state index contributed by atoms with van der Waals surface area (Å²) < 4.78 is 11.7. The van der Waals surface area contributed by atoms with Crippen LogP contribution in [-0.4, -0.2) is 66.7 Å². The number of aliphatic hydroxyl groups is 2. The second-order valence-corrected chi connectivity index (χ2v) is 18.2. The number of aliphatic carboxylic acids is 2. The standard InChI is InChI=1S/C16H26O3.C14H20O3.C6H12O2.C4H6O2/c1-4-14(2,3)13(17)19-16-8-11-5-12(9-16)7-15(18,6-11)10-16;1-9(2)12(15)17-14-6-10-3-11(7-14)5-13(16,4-10)8-14;1-4-6(2,3)5(7)8;1-3(2)4(5)6/h11-12,18H,4-10H2,1-3H3;10-11,16H,1,3-8H2,2H3;4H2,1-3H3,(H,7,8);1H2,2H3,(H,5,6). The largest absolute Gasteiger partial charge is 0.481 e. The van der Waals surface area contributed by atoms with Crippen LogP contribution >= 0.6 is 0 Å². The van der Waals surface area contributed by atoms with Gasteiger partial charge in [0, 0.05) is 24.0 Å². The summed E-state index contributed by atoms with van der Waals surface area (Å²) >= 11 is 0. The number of carboxylic acids is 2. The molecule has 8 rings (SSSR count). The molecule has 0 aromatic heterocycles. The van der Waals surface area contributed by atoms with Gasteiger partial charge < -0.3 is 29.9 Å². The van der Waals surface area contributed by atoms with Gasteiger partial charge in [-0.25, -0.2) is 9.59 Å². The summed E-state index contributed by atoms with van der Waals surface area (Å²) in [5.74, 6) is 0.164. The van der Waals surface area contributed by atoms with Gasteiger partial charge in [-0.05, 0) is 142 Å². The molecule has 8 aliphatic carbocycles. The molecule has 0 heterocycles. The zero-order valence-electron chi connectivity index (χ0n) is 31.9. The molecule has 10 nitrogen and oxygen atoms in total. The van der Waals surface area contributed by atoms with Crippen LogP contribution in [0, 0.1) is 34.5 Å². The van der Waals surface area contributed by atoms with Crippen LogP contribution in [0.5, 0.6) is 0 Å². The van der Waals surface area contributed by atoms with Crippen molar-refractivity contribution < 1.29 is 49.1 Å². The van der Waals surface area contributed by atoms with E-state index in [0.717, 1.165) is 57.8 Å². The van der Waals surface area contributed by atoms with Crippen molar-refractivity contribution in [3.63, 3.8) is 0 Å². The molecule has 50 heavy (non-hydrogen) atoms. The molecule has 8 aliphatic rings. The average Bonchev–Trinajstić information content (AvgIpc) is 2.95. The molecule has 8 bridgehead atoms. The molecular formula is C40H64O10. The van der Waals surface area contributed by atoms with Crippen LogP contribution in [0.2, 0.25) is 0 Å². The van der Waals surface area contributed by atoms with Crippen molar-refractivity contribution >= 4 is 23.9 Å². The Bertz CT molecular complexity index is 1280. The fourth-order valence-corrected chi connectivity index (χ4v) is 9.41. The lowest BCUT2D eigenvalue weighted by Crippen LogP contribution is -2.61. The first kappa shape index (κ1) is 41.7. The predicted octanol–water partition coefficient (Wildman–Crippen LogP) is 7.39. The van der Waals surface area contributed by atoms with Gasteiger partial charge in [0.1, 0.15) is 11.2 Å². The number of rotatable bonds is 8. The lowest BCUT2D eigenvalue weighted by molar-refractivity contribution is -0.225. The number of carbonyl (C=O) groups excluding carboxylic acids is 2. The van der Waals surface area contributed by atoms with Crippen molar-refractivity contribution in [1.82, 2.24) is 0 Å². The van der Waals surface area contributed by atoms with Gasteiger partial charge in [-0.1, -0.05) is 27.0 Å². The Balaban J connectivity index is 0.000000199. The molecule has 10 heteroatoms. The minimum absolute atomic E-state index is 0.0828. The number of esters is 2. The van der Waals surface area contributed by atoms with E-state index in [4.69, 9.17) is 19.7 Å². The second kappa shape index (κ2) is 15.1. The van der Waals surface area contributed by atoms with Crippen LogP contribution in [0.3, 0.4) is 0 Å². The van der Waals surface area contributed by atoms with Gasteiger partial charge in [0.25, 0.3) is 0 Å². The van der Waals surface area contributed by atoms with Crippen LogP contribution in [0.4, 0.5) is 0 Å². The fourth-order valence-electron chi connectivity index (χ4n) is 9.41. The van der Waals surface area contributed by atoms with Gasteiger partial charge in [-0.3, -0.25) is 9.59 Å². The van der Waals surface area contributed by atoms with Crippen LogP contribution in [0.15, 0.2) is 24.3 Å². The SMILES string of the molecule is C=C(C)C(=O)O.C=C(C)C(=O)OC12CC3CC(CC(O)(C3)C1)C2.CCC(C)(C)C(=O)O.CCC(C)(C)C(=O)OC12CC3CC(CC(O)(C3)C1)C2. The van der Waals surface area contributed by atoms with Gasteiger partial charge in [-0.15, -0.1) is 0 Å². The highest BCUT2D eigenvalue weighted by Crippen LogP contribution is 2.60. The Kier molecular flexibility index (Phi) is 12.6. The number of carboxylic acid groups (broad SMARTS) is 2. The van der Waals surface area contributed by atoms with Crippen LogP contribution in [0.25, 0.3) is 0 Å². The molecule has 0 radical (unpaired) electrons. The molecule has 0 amide bonds. The molecule has 0 saturated heterocycles. The maximum absolute atomic E-state index is 12.4. The molecule has 0 spiro atoms. The summed E-state index contributed by atoms with van der Waals surface area (Å²) in [5.41, 5.74) is -2.20. The third kappa shape index (κ3) is 10.2. The number of hydrogen-bond acceptors (Lipinski definition) is 8. The van der Waals surface area contributed by atoms with Crippen LogP contribution in [-0.2, 0) is 28.7 Å². The molecular weight excluding hydrogens is 640 g/mol. The Labute approximate surface area is 299 Å². The molecule has 4 unspecified atom stereocenters. The van der Waals surface area contributed by atoms with E-state index in [-0.39, 0.29) is 23.1 Å². The fraction of sp³-hybridized carbons (Fsp3) is 0.800. The first-order valence-electron chi connectivity index (χ1n) is 18.5.